The van der Waals surface area contributed by atoms with Gasteiger partial charge in [0.15, 0.2) is 11.5 Å². The van der Waals surface area contributed by atoms with E-state index in [-0.39, 0.29) is 12.7 Å². The first-order chi connectivity index (χ1) is 10.7. The number of pyridine rings is 1. The maximum atomic E-state index is 11.9. The van der Waals surface area contributed by atoms with E-state index in [0.717, 1.165) is 22.8 Å². The minimum atomic E-state index is -0.280. The number of carbonyl (C=O) groups excluding carboxylic acids is 1. The van der Waals surface area contributed by atoms with Gasteiger partial charge in [-0.2, -0.15) is 5.10 Å². The van der Waals surface area contributed by atoms with Crippen molar-refractivity contribution in [1.82, 2.24) is 10.4 Å². The Balaban J connectivity index is 1.62. The Morgan fingerprint density at radius 1 is 1.32 bits per heavy atom. The summed E-state index contributed by atoms with van der Waals surface area (Å²) in [5.41, 5.74) is 4.83. The van der Waals surface area contributed by atoms with E-state index in [1.165, 1.54) is 6.20 Å². The predicted octanol–water partition coefficient (Wildman–Crippen LogP) is 2.16. The molecule has 0 spiro atoms. The molecule has 0 unspecified atom stereocenters. The Labute approximate surface area is 127 Å². The number of hydrazone groups is 1. The van der Waals surface area contributed by atoms with Crippen LogP contribution < -0.4 is 14.9 Å². The Hall–Kier alpha value is -2.89. The quantitative estimate of drug-likeness (QED) is 0.693. The summed E-state index contributed by atoms with van der Waals surface area (Å²) >= 11 is 0. The van der Waals surface area contributed by atoms with Gasteiger partial charge in [-0.15, -0.1) is 0 Å². The molecule has 0 aliphatic carbocycles. The van der Waals surface area contributed by atoms with Crippen LogP contribution in [0.15, 0.2) is 47.8 Å². The lowest BCUT2D eigenvalue weighted by atomic mass is 10.1. The van der Waals surface area contributed by atoms with Crippen LogP contribution >= 0.6 is 0 Å². The highest BCUT2D eigenvalue weighted by molar-refractivity contribution is 5.95. The Bertz CT molecular complexity index is 714. The minimum Gasteiger partial charge on any atom is -0.454 e. The highest BCUT2D eigenvalue weighted by Gasteiger charge is 2.13. The first-order valence-corrected chi connectivity index (χ1v) is 6.84. The number of rotatable bonds is 4. The third-order valence-corrected chi connectivity index (χ3v) is 3.17. The summed E-state index contributed by atoms with van der Waals surface area (Å²) < 4.78 is 10.6. The van der Waals surface area contributed by atoms with Gasteiger partial charge in [0.2, 0.25) is 6.79 Å². The van der Waals surface area contributed by atoms with Crippen LogP contribution in [0.3, 0.4) is 0 Å². The first-order valence-electron chi connectivity index (χ1n) is 6.84. The number of aromatic nitrogens is 1. The fourth-order valence-electron chi connectivity index (χ4n) is 2.09. The molecule has 1 N–H and O–H groups in total. The Kier molecular flexibility index (Phi) is 4.00. The second-order valence-electron chi connectivity index (χ2n) is 4.89. The molecule has 0 radical (unpaired) electrons. The molecule has 112 valence electrons. The van der Waals surface area contributed by atoms with Crippen molar-refractivity contribution in [3.8, 4) is 11.5 Å². The van der Waals surface area contributed by atoms with Crippen molar-refractivity contribution in [3.05, 3.63) is 53.9 Å². The van der Waals surface area contributed by atoms with Crippen molar-refractivity contribution in [2.45, 2.75) is 13.3 Å². The van der Waals surface area contributed by atoms with Crippen LogP contribution in [-0.4, -0.2) is 23.4 Å². The van der Waals surface area contributed by atoms with Gasteiger partial charge in [0.1, 0.15) is 0 Å². The highest BCUT2D eigenvalue weighted by Crippen LogP contribution is 2.32. The van der Waals surface area contributed by atoms with Crippen LogP contribution in [0.1, 0.15) is 22.8 Å². The number of ether oxygens (including phenoxy) is 2. The third-order valence-electron chi connectivity index (χ3n) is 3.17. The zero-order valence-corrected chi connectivity index (χ0v) is 12.1. The molecule has 1 aliphatic heterocycles. The van der Waals surface area contributed by atoms with E-state index in [9.17, 15) is 4.79 Å². The second-order valence-corrected chi connectivity index (χ2v) is 4.89. The average molecular weight is 297 g/mol. The van der Waals surface area contributed by atoms with Gasteiger partial charge in [0.25, 0.3) is 5.91 Å². The smallest absolute Gasteiger partial charge is 0.272 e. The average Bonchev–Trinajstić information content (AvgIpc) is 3.01. The van der Waals surface area contributed by atoms with Crippen LogP contribution in [0.4, 0.5) is 0 Å². The third kappa shape index (κ3) is 3.22. The maximum absolute atomic E-state index is 11.9. The van der Waals surface area contributed by atoms with Crippen molar-refractivity contribution in [2.24, 2.45) is 5.10 Å². The van der Waals surface area contributed by atoms with Gasteiger partial charge >= 0.3 is 0 Å². The van der Waals surface area contributed by atoms with Crippen LogP contribution in [0, 0.1) is 0 Å². The normalized spacial score (nSPS) is 13.0. The lowest BCUT2D eigenvalue weighted by molar-refractivity contribution is 0.0954. The first kappa shape index (κ1) is 14.1. The van der Waals surface area contributed by atoms with Crippen LogP contribution in [0.5, 0.6) is 11.5 Å². The number of hydrogen-bond acceptors (Lipinski definition) is 5. The monoisotopic (exact) mass is 297 g/mol. The molecule has 1 aliphatic rings. The number of hydrogen-bond donors (Lipinski definition) is 1. The summed E-state index contributed by atoms with van der Waals surface area (Å²) in [7, 11) is 0. The van der Waals surface area contributed by atoms with E-state index in [4.69, 9.17) is 9.47 Å². The molecule has 0 saturated carbocycles. The number of nitrogens with one attached hydrogen (secondary N) is 1. The van der Waals surface area contributed by atoms with Gasteiger partial charge in [-0.1, -0.05) is 6.07 Å². The molecular formula is C16H15N3O3. The van der Waals surface area contributed by atoms with Crippen molar-refractivity contribution >= 4 is 11.6 Å². The number of benzene rings is 1. The van der Waals surface area contributed by atoms with Gasteiger partial charge in [-0.25, -0.2) is 5.43 Å². The van der Waals surface area contributed by atoms with Crippen LogP contribution in [0.25, 0.3) is 0 Å². The van der Waals surface area contributed by atoms with E-state index < -0.39 is 0 Å². The number of amides is 1. The second kappa shape index (κ2) is 6.26. The summed E-state index contributed by atoms with van der Waals surface area (Å²) in [6.45, 7) is 2.11. The summed E-state index contributed by atoms with van der Waals surface area (Å²) in [5.74, 6) is 1.21. The zero-order chi connectivity index (χ0) is 15.4. The molecule has 2 aromatic rings. The molecule has 0 saturated heterocycles. The van der Waals surface area contributed by atoms with E-state index in [0.29, 0.717) is 12.0 Å². The molecule has 0 atom stereocenters. The van der Waals surface area contributed by atoms with Gasteiger partial charge < -0.3 is 9.47 Å². The SMILES string of the molecule is CC(Cc1ccc2c(c1)OCO2)=NNC(=O)c1cccnc1. The summed E-state index contributed by atoms with van der Waals surface area (Å²) in [4.78, 5) is 15.8. The van der Waals surface area contributed by atoms with Crippen molar-refractivity contribution < 1.29 is 14.3 Å². The Morgan fingerprint density at radius 2 is 2.18 bits per heavy atom. The summed E-state index contributed by atoms with van der Waals surface area (Å²) in [5, 5.41) is 4.11. The standard InChI is InChI=1S/C16H15N3O3/c1-11(18-19-16(20)13-3-2-6-17-9-13)7-12-4-5-14-15(8-12)22-10-21-14/h2-6,8-9H,7,10H2,1H3,(H,19,20). The zero-order valence-electron chi connectivity index (χ0n) is 12.1. The lowest BCUT2D eigenvalue weighted by Crippen LogP contribution is -2.19. The fourth-order valence-corrected chi connectivity index (χ4v) is 2.09. The molecule has 22 heavy (non-hydrogen) atoms. The highest BCUT2D eigenvalue weighted by atomic mass is 16.7. The van der Waals surface area contributed by atoms with Gasteiger partial charge in [-0.3, -0.25) is 9.78 Å². The molecule has 6 heteroatoms. The largest absolute Gasteiger partial charge is 0.454 e. The van der Waals surface area contributed by atoms with Crippen LogP contribution in [0.2, 0.25) is 0 Å². The summed E-state index contributed by atoms with van der Waals surface area (Å²) in [6, 6.07) is 9.14. The minimum absolute atomic E-state index is 0.257. The van der Waals surface area contributed by atoms with E-state index >= 15 is 0 Å². The van der Waals surface area contributed by atoms with Crippen molar-refractivity contribution in [3.63, 3.8) is 0 Å². The Morgan fingerprint density at radius 3 is 3.00 bits per heavy atom. The van der Waals surface area contributed by atoms with Crippen molar-refractivity contribution in [2.75, 3.05) is 6.79 Å². The number of nitrogens with zero attached hydrogens (tertiary/aromatic N) is 2. The summed E-state index contributed by atoms with van der Waals surface area (Å²) in [6.07, 6.45) is 3.73. The van der Waals surface area contributed by atoms with Gasteiger partial charge in [-0.05, 0) is 36.8 Å². The number of carbonyl (C=O) groups is 1. The molecule has 6 nitrogen and oxygen atoms in total. The molecule has 2 heterocycles. The molecule has 1 aromatic heterocycles. The molecule has 3 rings (SSSR count). The van der Waals surface area contributed by atoms with Crippen LogP contribution in [-0.2, 0) is 6.42 Å². The molecule has 1 amide bonds. The van der Waals surface area contributed by atoms with Gasteiger partial charge in [0, 0.05) is 24.5 Å². The van der Waals surface area contributed by atoms with E-state index in [2.05, 4.69) is 15.5 Å². The van der Waals surface area contributed by atoms with E-state index in [1.54, 1.807) is 18.3 Å². The topological polar surface area (TPSA) is 72.8 Å². The maximum Gasteiger partial charge on any atom is 0.272 e. The molecule has 0 fully saturated rings. The number of fused-ring (bicyclic) bond motifs is 1. The van der Waals surface area contributed by atoms with Crippen molar-refractivity contribution in [1.29, 1.82) is 0 Å². The van der Waals surface area contributed by atoms with E-state index in [1.807, 2.05) is 25.1 Å². The lowest BCUT2D eigenvalue weighted by Gasteiger charge is -2.04. The molecule has 0 bridgehead atoms. The molecule has 1 aromatic carbocycles. The van der Waals surface area contributed by atoms with Gasteiger partial charge in [0.05, 0.1) is 5.56 Å². The predicted molar refractivity (Wildman–Crippen MR) is 81.1 cm³/mol. The molecular weight excluding hydrogens is 282 g/mol. The fraction of sp³-hybridized carbons (Fsp3) is 0.188.